The van der Waals surface area contributed by atoms with E-state index >= 15 is 0 Å². The lowest BCUT2D eigenvalue weighted by molar-refractivity contribution is 0.0696. The molecular weight excluding hydrogens is 232 g/mol. The Bertz CT molecular complexity index is 454. The van der Waals surface area contributed by atoms with Crippen molar-refractivity contribution in [3.8, 4) is 0 Å². The normalized spacial score (nSPS) is 10.4. The first kappa shape index (κ1) is 14.0. The van der Waals surface area contributed by atoms with E-state index in [1.165, 1.54) is 18.2 Å². The zero-order valence-electron chi connectivity index (χ0n) is 10.6. The van der Waals surface area contributed by atoms with Crippen LogP contribution in [0, 0.1) is 0 Å². The monoisotopic (exact) mass is 250 g/mol. The third kappa shape index (κ3) is 3.23. The summed E-state index contributed by atoms with van der Waals surface area (Å²) >= 11 is 0. The van der Waals surface area contributed by atoms with Gasteiger partial charge in [-0.25, -0.2) is 4.79 Å². The number of nitrogens with two attached hydrogens (primary N) is 1. The highest BCUT2D eigenvalue weighted by atomic mass is 16.4. The van der Waals surface area contributed by atoms with Gasteiger partial charge in [-0.3, -0.25) is 4.79 Å². The fraction of sp³-hybridized carbons (Fsp3) is 0.385. The molecule has 1 aromatic carbocycles. The molecule has 98 valence electrons. The molecule has 4 N–H and O–H groups in total. The topological polar surface area (TPSA) is 92.4 Å². The first-order valence-corrected chi connectivity index (χ1v) is 5.93. The standard InChI is InChI=1S/C13H18N2O3/c1-3-9(4-2)15-11-7-8(13(17)18)5-6-10(11)12(14)16/h5-7,9,15H,3-4H2,1-2H3,(H2,14,16)(H,17,18). The molecule has 0 atom stereocenters. The highest BCUT2D eigenvalue weighted by molar-refractivity contribution is 6.00. The Labute approximate surface area is 106 Å². The molecule has 0 heterocycles. The molecule has 0 saturated heterocycles. The number of amides is 1. The highest BCUT2D eigenvalue weighted by Crippen LogP contribution is 2.20. The summed E-state index contributed by atoms with van der Waals surface area (Å²) in [7, 11) is 0. The van der Waals surface area contributed by atoms with E-state index in [9.17, 15) is 9.59 Å². The number of carboxylic acids is 1. The van der Waals surface area contributed by atoms with Crippen LogP contribution in [0.1, 0.15) is 47.4 Å². The largest absolute Gasteiger partial charge is 0.478 e. The molecule has 18 heavy (non-hydrogen) atoms. The first-order valence-electron chi connectivity index (χ1n) is 5.93. The number of hydrogen-bond donors (Lipinski definition) is 3. The van der Waals surface area contributed by atoms with Crippen molar-refractivity contribution in [2.24, 2.45) is 5.73 Å². The van der Waals surface area contributed by atoms with Gasteiger partial charge in [0.05, 0.1) is 11.1 Å². The van der Waals surface area contributed by atoms with Gasteiger partial charge < -0.3 is 16.2 Å². The van der Waals surface area contributed by atoms with Crippen LogP contribution in [0.2, 0.25) is 0 Å². The van der Waals surface area contributed by atoms with Crippen LogP contribution in [0.25, 0.3) is 0 Å². The number of nitrogens with one attached hydrogen (secondary N) is 1. The number of rotatable bonds is 6. The van der Waals surface area contributed by atoms with E-state index in [1.54, 1.807) is 0 Å². The summed E-state index contributed by atoms with van der Waals surface area (Å²) < 4.78 is 0. The Hall–Kier alpha value is -2.04. The molecular formula is C13H18N2O3. The average Bonchev–Trinajstić information content (AvgIpc) is 2.35. The van der Waals surface area contributed by atoms with Crippen LogP contribution in [0.4, 0.5) is 5.69 Å². The molecule has 5 nitrogen and oxygen atoms in total. The van der Waals surface area contributed by atoms with Gasteiger partial charge in [0.2, 0.25) is 0 Å². The van der Waals surface area contributed by atoms with Gasteiger partial charge in [-0.15, -0.1) is 0 Å². The molecule has 0 aromatic heterocycles. The molecule has 0 fully saturated rings. The minimum atomic E-state index is -1.03. The van der Waals surface area contributed by atoms with E-state index in [2.05, 4.69) is 5.32 Å². The van der Waals surface area contributed by atoms with E-state index < -0.39 is 11.9 Å². The predicted molar refractivity (Wildman–Crippen MR) is 69.9 cm³/mol. The van der Waals surface area contributed by atoms with Crippen LogP contribution >= 0.6 is 0 Å². The Morgan fingerprint density at radius 3 is 2.39 bits per heavy atom. The van der Waals surface area contributed by atoms with E-state index in [0.29, 0.717) is 11.3 Å². The van der Waals surface area contributed by atoms with E-state index in [-0.39, 0.29) is 11.6 Å². The van der Waals surface area contributed by atoms with Crippen molar-refractivity contribution in [1.29, 1.82) is 0 Å². The minimum absolute atomic E-state index is 0.133. The Morgan fingerprint density at radius 1 is 1.33 bits per heavy atom. The number of carbonyl (C=O) groups excluding carboxylic acids is 1. The van der Waals surface area contributed by atoms with Gasteiger partial charge in [0.25, 0.3) is 5.91 Å². The fourth-order valence-corrected chi connectivity index (χ4v) is 1.72. The number of carbonyl (C=O) groups is 2. The molecule has 0 radical (unpaired) electrons. The van der Waals surface area contributed by atoms with Crippen molar-refractivity contribution < 1.29 is 14.7 Å². The zero-order valence-corrected chi connectivity index (χ0v) is 10.6. The lowest BCUT2D eigenvalue weighted by Gasteiger charge is -2.18. The van der Waals surface area contributed by atoms with E-state index in [0.717, 1.165) is 12.8 Å². The molecule has 0 aliphatic rings. The lowest BCUT2D eigenvalue weighted by atomic mass is 10.1. The second-order valence-corrected chi connectivity index (χ2v) is 4.09. The van der Waals surface area contributed by atoms with Crippen LogP contribution in [0.3, 0.4) is 0 Å². The molecule has 0 spiro atoms. The maximum absolute atomic E-state index is 11.3. The Morgan fingerprint density at radius 2 is 1.94 bits per heavy atom. The first-order chi connectivity index (χ1) is 8.49. The lowest BCUT2D eigenvalue weighted by Crippen LogP contribution is -2.21. The van der Waals surface area contributed by atoms with Crippen molar-refractivity contribution in [3.05, 3.63) is 29.3 Å². The molecule has 0 aliphatic carbocycles. The second kappa shape index (κ2) is 6.05. The van der Waals surface area contributed by atoms with Crippen LogP contribution < -0.4 is 11.1 Å². The maximum Gasteiger partial charge on any atom is 0.335 e. The average molecular weight is 250 g/mol. The summed E-state index contributed by atoms with van der Waals surface area (Å²) in [5.41, 5.74) is 6.20. The summed E-state index contributed by atoms with van der Waals surface area (Å²) in [5, 5.41) is 12.1. The molecule has 5 heteroatoms. The van der Waals surface area contributed by atoms with Crippen molar-refractivity contribution in [2.45, 2.75) is 32.7 Å². The molecule has 0 bridgehead atoms. The molecule has 1 rings (SSSR count). The fourth-order valence-electron chi connectivity index (χ4n) is 1.72. The van der Waals surface area contributed by atoms with Gasteiger partial charge in [0, 0.05) is 11.7 Å². The number of benzene rings is 1. The van der Waals surface area contributed by atoms with Gasteiger partial charge >= 0.3 is 5.97 Å². The minimum Gasteiger partial charge on any atom is -0.478 e. The molecule has 1 aromatic rings. The van der Waals surface area contributed by atoms with Gasteiger partial charge in [0.1, 0.15) is 0 Å². The summed E-state index contributed by atoms with van der Waals surface area (Å²) in [6.07, 6.45) is 1.76. The van der Waals surface area contributed by atoms with Gasteiger partial charge in [0.15, 0.2) is 0 Å². The van der Waals surface area contributed by atoms with Gasteiger partial charge in [-0.1, -0.05) is 13.8 Å². The summed E-state index contributed by atoms with van der Waals surface area (Å²) in [6, 6.07) is 4.45. The summed E-state index contributed by atoms with van der Waals surface area (Å²) in [4.78, 5) is 22.2. The number of carboxylic acid groups (broad SMARTS) is 1. The number of anilines is 1. The molecule has 0 saturated carbocycles. The predicted octanol–water partition coefficient (Wildman–Crippen LogP) is 2.08. The zero-order chi connectivity index (χ0) is 13.7. The van der Waals surface area contributed by atoms with Crippen molar-refractivity contribution in [2.75, 3.05) is 5.32 Å². The molecule has 1 amide bonds. The van der Waals surface area contributed by atoms with Crippen molar-refractivity contribution in [1.82, 2.24) is 0 Å². The van der Waals surface area contributed by atoms with E-state index in [1.807, 2.05) is 13.8 Å². The number of aromatic carboxylic acids is 1. The summed E-state index contributed by atoms with van der Waals surface area (Å²) in [6.45, 7) is 4.04. The summed E-state index contributed by atoms with van der Waals surface area (Å²) in [5.74, 6) is -1.60. The molecule has 0 aliphatic heterocycles. The Balaban J connectivity index is 3.14. The van der Waals surface area contributed by atoms with Gasteiger partial charge in [-0.05, 0) is 31.0 Å². The third-order valence-corrected chi connectivity index (χ3v) is 2.88. The van der Waals surface area contributed by atoms with Gasteiger partial charge in [-0.2, -0.15) is 0 Å². The SMILES string of the molecule is CCC(CC)Nc1cc(C(=O)O)ccc1C(N)=O. The molecule has 0 unspecified atom stereocenters. The van der Waals surface area contributed by atoms with Crippen LogP contribution in [-0.2, 0) is 0 Å². The number of primary amides is 1. The number of hydrogen-bond acceptors (Lipinski definition) is 3. The maximum atomic E-state index is 11.3. The van der Waals surface area contributed by atoms with E-state index in [4.69, 9.17) is 10.8 Å². The second-order valence-electron chi connectivity index (χ2n) is 4.09. The smallest absolute Gasteiger partial charge is 0.335 e. The quantitative estimate of drug-likeness (QED) is 0.720. The van der Waals surface area contributed by atoms with Crippen LogP contribution in [0.15, 0.2) is 18.2 Å². The third-order valence-electron chi connectivity index (χ3n) is 2.88. The Kier molecular flexibility index (Phi) is 4.71. The van der Waals surface area contributed by atoms with Crippen LogP contribution in [0.5, 0.6) is 0 Å². The highest BCUT2D eigenvalue weighted by Gasteiger charge is 2.14. The van der Waals surface area contributed by atoms with Crippen LogP contribution in [-0.4, -0.2) is 23.0 Å². The van der Waals surface area contributed by atoms with Crippen molar-refractivity contribution in [3.63, 3.8) is 0 Å². The van der Waals surface area contributed by atoms with Crippen molar-refractivity contribution >= 4 is 17.6 Å².